The second-order valence-electron chi connectivity index (χ2n) is 16.0. The van der Waals surface area contributed by atoms with Gasteiger partial charge in [0.1, 0.15) is 5.60 Å². The second-order valence-corrected chi connectivity index (χ2v) is 16.0. The van der Waals surface area contributed by atoms with E-state index in [1.54, 1.807) is 12.2 Å². The van der Waals surface area contributed by atoms with Crippen LogP contribution in [-0.4, -0.2) is 57.6 Å². The third-order valence-electron chi connectivity index (χ3n) is 13.6. The Morgan fingerprint density at radius 1 is 0.976 bits per heavy atom. The molecular weight excluding hydrogens is 518 g/mol. The van der Waals surface area contributed by atoms with Crippen LogP contribution in [0.15, 0.2) is 23.8 Å². The zero-order valence-corrected chi connectivity index (χ0v) is 26.1. The summed E-state index contributed by atoms with van der Waals surface area (Å²) < 4.78 is 0. The highest BCUT2D eigenvalue weighted by molar-refractivity contribution is 6.01. The SMILES string of the molecule is CC1(C(=O)NCC(O)CCO)CCC2(C)CCC3(C)C4(C)CCC5C(C)(C)C(=O)C=CC5(C)C4=CC(=O)C3(O)C2C1. The lowest BCUT2D eigenvalue weighted by Crippen LogP contribution is -2.74. The number of hydrogen-bond donors (Lipinski definition) is 4. The van der Waals surface area contributed by atoms with E-state index in [9.17, 15) is 24.6 Å². The summed E-state index contributed by atoms with van der Waals surface area (Å²) in [5.41, 5.74) is -3.81. The Morgan fingerprint density at radius 3 is 2.29 bits per heavy atom. The second kappa shape index (κ2) is 9.33. The van der Waals surface area contributed by atoms with E-state index < -0.39 is 44.7 Å². The Balaban J connectivity index is 1.56. The fourth-order valence-corrected chi connectivity index (χ4v) is 10.3. The summed E-state index contributed by atoms with van der Waals surface area (Å²) in [6.07, 6.45) is 9.84. The number of aliphatic hydroxyl groups excluding tert-OH is 2. The molecule has 7 heteroatoms. The van der Waals surface area contributed by atoms with E-state index in [0.29, 0.717) is 12.8 Å². The van der Waals surface area contributed by atoms with Crippen molar-refractivity contribution in [3.63, 3.8) is 0 Å². The number of hydrogen-bond acceptors (Lipinski definition) is 6. The van der Waals surface area contributed by atoms with Crippen LogP contribution in [0.4, 0.5) is 0 Å². The van der Waals surface area contributed by atoms with Crippen molar-refractivity contribution in [3.8, 4) is 0 Å². The molecule has 4 N–H and O–H groups in total. The maximum Gasteiger partial charge on any atom is 0.226 e. The first-order valence-corrected chi connectivity index (χ1v) is 15.7. The molecule has 0 saturated heterocycles. The van der Waals surface area contributed by atoms with Crippen LogP contribution < -0.4 is 5.32 Å². The number of fused-ring (bicyclic) bond motifs is 7. The maximum absolute atomic E-state index is 14.5. The van der Waals surface area contributed by atoms with Crippen LogP contribution in [0, 0.1) is 44.3 Å². The summed E-state index contributed by atoms with van der Waals surface area (Å²) in [7, 11) is 0. The molecule has 0 aromatic carbocycles. The molecule has 5 rings (SSSR count). The molecule has 0 radical (unpaired) electrons. The lowest BCUT2D eigenvalue weighted by molar-refractivity contribution is -0.242. The fraction of sp³-hybridized carbons (Fsp3) is 0.794. The number of rotatable bonds is 5. The first-order valence-electron chi connectivity index (χ1n) is 15.7. The molecule has 0 heterocycles. The van der Waals surface area contributed by atoms with Gasteiger partial charge in [-0.15, -0.1) is 0 Å². The first kappa shape index (κ1) is 30.6. The Bertz CT molecular complexity index is 1220. The quantitative estimate of drug-likeness (QED) is 0.392. The summed E-state index contributed by atoms with van der Waals surface area (Å²) in [4.78, 5) is 40.9. The highest BCUT2D eigenvalue weighted by Gasteiger charge is 2.75. The summed E-state index contributed by atoms with van der Waals surface area (Å²) in [5, 5.41) is 35.0. The number of carbonyl (C=O) groups is 3. The summed E-state index contributed by atoms with van der Waals surface area (Å²) >= 11 is 0. The molecule has 3 saturated carbocycles. The van der Waals surface area contributed by atoms with Gasteiger partial charge in [0.2, 0.25) is 5.91 Å². The van der Waals surface area contributed by atoms with Crippen molar-refractivity contribution in [2.75, 3.05) is 13.2 Å². The minimum absolute atomic E-state index is 0.0636. The Hall–Kier alpha value is -1.83. The van der Waals surface area contributed by atoms with E-state index in [0.717, 1.165) is 37.7 Å². The normalized spacial score (nSPS) is 47.3. The predicted molar refractivity (Wildman–Crippen MR) is 157 cm³/mol. The first-order chi connectivity index (χ1) is 18.9. The molecule has 9 unspecified atom stereocenters. The molecule has 5 aliphatic carbocycles. The van der Waals surface area contributed by atoms with Gasteiger partial charge in [0.05, 0.1) is 6.10 Å². The lowest BCUT2D eigenvalue weighted by Gasteiger charge is -2.71. The van der Waals surface area contributed by atoms with E-state index in [2.05, 4.69) is 33.0 Å². The van der Waals surface area contributed by atoms with Crippen LogP contribution in [0.5, 0.6) is 0 Å². The molecule has 0 aromatic rings. The van der Waals surface area contributed by atoms with Gasteiger partial charge >= 0.3 is 0 Å². The van der Waals surface area contributed by atoms with Gasteiger partial charge in [0.25, 0.3) is 0 Å². The van der Waals surface area contributed by atoms with E-state index in [1.807, 2.05) is 26.8 Å². The van der Waals surface area contributed by atoms with E-state index >= 15 is 0 Å². The third-order valence-corrected chi connectivity index (χ3v) is 13.6. The summed E-state index contributed by atoms with van der Waals surface area (Å²) in [6, 6.07) is 0. The number of amides is 1. The van der Waals surface area contributed by atoms with Crippen molar-refractivity contribution < 1.29 is 29.7 Å². The minimum atomic E-state index is -1.62. The molecule has 7 nitrogen and oxygen atoms in total. The van der Waals surface area contributed by atoms with Crippen LogP contribution in [0.2, 0.25) is 0 Å². The molecule has 228 valence electrons. The predicted octanol–water partition coefficient (Wildman–Crippen LogP) is 4.29. The van der Waals surface area contributed by atoms with Gasteiger partial charge in [0.15, 0.2) is 11.6 Å². The molecule has 41 heavy (non-hydrogen) atoms. The van der Waals surface area contributed by atoms with E-state index in [4.69, 9.17) is 5.11 Å². The monoisotopic (exact) mass is 569 g/mol. The third kappa shape index (κ3) is 3.90. The maximum atomic E-state index is 14.5. The zero-order valence-electron chi connectivity index (χ0n) is 26.1. The minimum Gasteiger partial charge on any atom is -0.396 e. The van der Waals surface area contributed by atoms with Gasteiger partial charge in [-0.2, -0.15) is 0 Å². The molecule has 5 aliphatic rings. The van der Waals surface area contributed by atoms with Crippen molar-refractivity contribution in [2.24, 2.45) is 44.3 Å². The number of carbonyl (C=O) groups excluding carboxylic acids is 3. The standard InChI is InChI=1S/C34H51NO6/c1-28(2)22-8-12-32(6)23(31(22,5)11-9-25(28)38)18-26(39)34(41)24-19-30(4,27(40)35-20-21(37)10-17-36)14-13-29(24,3)15-16-33(32,34)7/h9,11,18,21-22,24,36-37,41H,8,10,12-17,19-20H2,1-7H3,(H,35,40). The van der Waals surface area contributed by atoms with E-state index in [1.165, 1.54) is 0 Å². The van der Waals surface area contributed by atoms with Crippen molar-refractivity contribution in [1.29, 1.82) is 0 Å². The molecule has 0 bridgehead atoms. The molecule has 9 atom stereocenters. The Labute approximate surface area is 245 Å². The fourth-order valence-electron chi connectivity index (χ4n) is 10.3. The number of ketones is 2. The molecular formula is C34H51NO6. The zero-order chi connectivity index (χ0) is 30.4. The van der Waals surface area contributed by atoms with Crippen molar-refractivity contribution in [3.05, 3.63) is 23.8 Å². The highest BCUT2D eigenvalue weighted by atomic mass is 16.3. The molecule has 0 spiro atoms. The number of aliphatic hydroxyl groups is 3. The van der Waals surface area contributed by atoms with Crippen LogP contribution in [0.3, 0.4) is 0 Å². The highest BCUT2D eigenvalue weighted by Crippen LogP contribution is 2.75. The molecule has 0 aliphatic heterocycles. The van der Waals surface area contributed by atoms with Crippen molar-refractivity contribution >= 4 is 17.5 Å². The van der Waals surface area contributed by atoms with Gasteiger partial charge < -0.3 is 20.6 Å². The number of nitrogens with one attached hydrogen (secondary N) is 1. The van der Waals surface area contributed by atoms with Gasteiger partial charge in [-0.3, -0.25) is 14.4 Å². The van der Waals surface area contributed by atoms with Crippen molar-refractivity contribution in [1.82, 2.24) is 5.32 Å². The van der Waals surface area contributed by atoms with Crippen LogP contribution in [0.25, 0.3) is 0 Å². The summed E-state index contributed by atoms with van der Waals surface area (Å²) in [5.74, 6) is -0.618. The van der Waals surface area contributed by atoms with Gasteiger partial charge in [-0.05, 0) is 85.8 Å². The van der Waals surface area contributed by atoms with E-state index in [-0.39, 0.29) is 48.4 Å². The number of allylic oxidation sites excluding steroid dienone is 3. The molecule has 0 aromatic heterocycles. The van der Waals surface area contributed by atoms with Crippen LogP contribution in [0.1, 0.15) is 99.8 Å². The van der Waals surface area contributed by atoms with Gasteiger partial charge in [-0.25, -0.2) is 0 Å². The largest absolute Gasteiger partial charge is 0.396 e. The van der Waals surface area contributed by atoms with Crippen molar-refractivity contribution in [2.45, 2.75) is 112 Å². The smallest absolute Gasteiger partial charge is 0.226 e. The average molecular weight is 570 g/mol. The topological polar surface area (TPSA) is 124 Å². The lowest BCUT2D eigenvalue weighted by atomic mass is 9.33. The van der Waals surface area contributed by atoms with Crippen LogP contribution >= 0.6 is 0 Å². The Morgan fingerprint density at radius 2 is 1.63 bits per heavy atom. The molecule has 1 amide bonds. The van der Waals surface area contributed by atoms with Crippen LogP contribution in [-0.2, 0) is 14.4 Å². The molecule has 3 fully saturated rings. The summed E-state index contributed by atoms with van der Waals surface area (Å²) in [6.45, 7) is 14.6. The average Bonchev–Trinajstić information content (AvgIpc) is 2.90. The van der Waals surface area contributed by atoms with Gasteiger partial charge in [0, 0.05) is 40.7 Å². The Kier molecular flexibility index (Phi) is 6.97. The van der Waals surface area contributed by atoms with Gasteiger partial charge in [-0.1, -0.05) is 54.5 Å².